The fraction of sp³-hybridized carbons (Fsp3) is 0.222. The Labute approximate surface area is 125 Å². The van der Waals surface area contributed by atoms with Gasteiger partial charge < -0.3 is 15.0 Å². The summed E-state index contributed by atoms with van der Waals surface area (Å²) in [6, 6.07) is 16.6. The number of nitrogens with zero attached hydrogens (tertiary/aromatic N) is 1. The normalized spacial score (nSPS) is 11.0. The van der Waals surface area contributed by atoms with E-state index in [-0.39, 0.29) is 0 Å². The Morgan fingerprint density at radius 2 is 1.90 bits per heavy atom. The van der Waals surface area contributed by atoms with Crippen molar-refractivity contribution >= 4 is 10.9 Å². The summed E-state index contributed by atoms with van der Waals surface area (Å²) in [6.45, 7) is 3.60. The largest absolute Gasteiger partial charge is 0.497 e. The second-order valence-corrected chi connectivity index (χ2v) is 5.02. The average molecular weight is 280 g/mol. The minimum absolute atomic E-state index is 0.528. The van der Waals surface area contributed by atoms with E-state index in [1.807, 2.05) is 12.1 Å². The molecule has 2 aromatic carbocycles. The molecule has 0 fully saturated rings. The van der Waals surface area contributed by atoms with Gasteiger partial charge in [0.15, 0.2) is 0 Å². The standard InChI is InChI=1S/C18H20N2O/c1-3-20-17-10-5-4-9-15(17)16(12-19)18(20)13-7-6-8-14(11-13)21-2/h4-11H,3,12,19H2,1-2H3. The molecule has 0 aliphatic heterocycles. The molecule has 3 nitrogen and oxygen atoms in total. The van der Waals surface area contributed by atoms with Gasteiger partial charge >= 0.3 is 0 Å². The predicted molar refractivity (Wildman–Crippen MR) is 87.5 cm³/mol. The molecule has 0 aliphatic rings. The van der Waals surface area contributed by atoms with Crippen molar-refractivity contribution in [2.24, 2.45) is 5.73 Å². The minimum atomic E-state index is 0.528. The summed E-state index contributed by atoms with van der Waals surface area (Å²) in [6.07, 6.45) is 0. The molecule has 3 heteroatoms. The van der Waals surface area contributed by atoms with Gasteiger partial charge in [0, 0.05) is 29.6 Å². The van der Waals surface area contributed by atoms with Gasteiger partial charge in [-0.1, -0.05) is 30.3 Å². The summed E-state index contributed by atoms with van der Waals surface area (Å²) < 4.78 is 7.68. The zero-order chi connectivity index (χ0) is 14.8. The van der Waals surface area contributed by atoms with Crippen molar-refractivity contribution in [1.82, 2.24) is 4.57 Å². The Kier molecular flexibility index (Phi) is 3.67. The molecule has 0 bridgehead atoms. The SMILES string of the molecule is CCn1c(-c2cccc(OC)c2)c(CN)c2ccccc21. The Morgan fingerprint density at radius 3 is 2.62 bits per heavy atom. The summed E-state index contributed by atoms with van der Waals surface area (Å²) in [4.78, 5) is 0. The van der Waals surface area contributed by atoms with Gasteiger partial charge in [-0.3, -0.25) is 0 Å². The molecule has 0 saturated carbocycles. The lowest BCUT2D eigenvalue weighted by Gasteiger charge is -2.11. The van der Waals surface area contributed by atoms with E-state index >= 15 is 0 Å². The number of methoxy groups -OCH3 is 1. The first kappa shape index (κ1) is 13.7. The maximum atomic E-state index is 6.05. The zero-order valence-corrected chi connectivity index (χ0v) is 12.5. The van der Waals surface area contributed by atoms with E-state index in [1.165, 1.54) is 22.2 Å². The van der Waals surface area contributed by atoms with Gasteiger partial charge in [0.2, 0.25) is 0 Å². The van der Waals surface area contributed by atoms with E-state index in [0.717, 1.165) is 17.9 Å². The third-order valence-electron chi connectivity index (χ3n) is 3.94. The molecule has 0 unspecified atom stereocenters. The van der Waals surface area contributed by atoms with E-state index < -0.39 is 0 Å². The second kappa shape index (κ2) is 5.62. The maximum absolute atomic E-state index is 6.05. The van der Waals surface area contributed by atoms with Crippen LogP contribution in [0.15, 0.2) is 48.5 Å². The summed E-state index contributed by atoms with van der Waals surface area (Å²) in [5.41, 5.74) is 10.8. The van der Waals surface area contributed by atoms with Gasteiger partial charge in [-0.05, 0) is 30.7 Å². The molecule has 0 aliphatic carbocycles. The third-order valence-corrected chi connectivity index (χ3v) is 3.94. The number of aromatic nitrogens is 1. The Hall–Kier alpha value is -2.26. The Balaban J connectivity index is 2.34. The highest BCUT2D eigenvalue weighted by atomic mass is 16.5. The number of aryl methyl sites for hydroxylation is 1. The summed E-state index contributed by atoms with van der Waals surface area (Å²) >= 11 is 0. The number of rotatable bonds is 4. The Morgan fingerprint density at radius 1 is 1.10 bits per heavy atom. The third kappa shape index (κ3) is 2.20. The molecule has 3 rings (SSSR count). The summed E-state index contributed by atoms with van der Waals surface area (Å²) in [5.74, 6) is 0.864. The summed E-state index contributed by atoms with van der Waals surface area (Å²) in [5, 5.41) is 1.24. The highest BCUT2D eigenvalue weighted by Gasteiger charge is 2.16. The topological polar surface area (TPSA) is 40.2 Å². The fourth-order valence-corrected chi connectivity index (χ4v) is 3.01. The molecule has 3 aromatic rings. The molecular formula is C18H20N2O. The van der Waals surface area contributed by atoms with Crippen molar-refractivity contribution in [3.8, 4) is 17.0 Å². The van der Waals surface area contributed by atoms with Crippen LogP contribution >= 0.6 is 0 Å². The number of fused-ring (bicyclic) bond motifs is 1. The molecule has 21 heavy (non-hydrogen) atoms. The first-order valence-electron chi connectivity index (χ1n) is 7.24. The van der Waals surface area contributed by atoms with Gasteiger partial charge in [0.1, 0.15) is 5.75 Å². The van der Waals surface area contributed by atoms with Gasteiger partial charge in [-0.2, -0.15) is 0 Å². The van der Waals surface area contributed by atoms with Crippen LogP contribution in [0.2, 0.25) is 0 Å². The second-order valence-electron chi connectivity index (χ2n) is 5.02. The molecule has 2 N–H and O–H groups in total. The number of ether oxygens (including phenoxy) is 1. The van der Waals surface area contributed by atoms with Crippen LogP contribution in [0.4, 0.5) is 0 Å². The fourth-order valence-electron chi connectivity index (χ4n) is 3.01. The van der Waals surface area contributed by atoms with E-state index in [1.54, 1.807) is 7.11 Å². The molecule has 0 amide bonds. The highest BCUT2D eigenvalue weighted by molar-refractivity contribution is 5.92. The van der Waals surface area contributed by atoms with E-state index in [0.29, 0.717) is 6.54 Å². The van der Waals surface area contributed by atoms with Crippen LogP contribution in [-0.2, 0) is 13.1 Å². The van der Waals surface area contributed by atoms with Crippen molar-refractivity contribution in [2.45, 2.75) is 20.0 Å². The van der Waals surface area contributed by atoms with Gasteiger partial charge in [0.25, 0.3) is 0 Å². The minimum Gasteiger partial charge on any atom is -0.497 e. The molecule has 0 radical (unpaired) electrons. The van der Waals surface area contributed by atoms with Crippen LogP contribution < -0.4 is 10.5 Å². The Bertz CT molecular complexity index is 733. The van der Waals surface area contributed by atoms with Crippen LogP contribution in [0.1, 0.15) is 12.5 Å². The predicted octanol–water partition coefficient (Wildman–Crippen LogP) is 3.80. The molecule has 108 valence electrons. The van der Waals surface area contributed by atoms with Crippen LogP contribution in [-0.4, -0.2) is 11.7 Å². The van der Waals surface area contributed by atoms with Crippen molar-refractivity contribution in [2.75, 3.05) is 7.11 Å². The first-order chi connectivity index (χ1) is 10.3. The lowest BCUT2D eigenvalue weighted by Crippen LogP contribution is -2.02. The lowest BCUT2D eigenvalue weighted by atomic mass is 10.0. The number of nitrogens with two attached hydrogens (primary N) is 1. The molecule has 1 heterocycles. The molecule has 0 saturated heterocycles. The van der Waals surface area contributed by atoms with Gasteiger partial charge in [-0.15, -0.1) is 0 Å². The molecule has 1 aromatic heterocycles. The van der Waals surface area contributed by atoms with E-state index in [9.17, 15) is 0 Å². The molecular weight excluding hydrogens is 260 g/mol. The molecule has 0 atom stereocenters. The van der Waals surface area contributed by atoms with Gasteiger partial charge in [0.05, 0.1) is 12.8 Å². The average Bonchev–Trinajstić information content (AvgIpc) is 2.88. The first-order valence-corrected chi connectivity index (χ1v) is 7.24. The van der Waals surface area contributed by atoms with Crippen LogP contribution in [0.3, 0.4) is 0 Å². The number of hydrogen-bond acceptors (Lipinski definition) is 2. The van der Waals surface area contributed by atoms with Crippen molar-refractivity contribution in [3.05, 3.63) is 54.1 Å². The number of benzene rings is 2. The van der Waals surface area contributed by atoms with Gasteiger partial charge in [-0.25, -0.2) is 0 Å². The van der Waals surface area contributed by atoms with Crippen molar-refractivity contribution in [3.63, 3.8) is 0 Å². The highest BCUT2D eigenvalue weighted by Crippen LogP contribution is 2.34. The number of hydrogen-bond donors (Lipinski definition) is 1. The van der Waals surface area contributed by atoms with Crippen LogP contribution in [0, 0.1) is 0 Å². The zero-order valence-electron chi connectivity index (χ0n) is 12.5. The number of para-hydroxylation sites is 1. The molecule has 0 spiro atoms. The smallest absolute Gasteiger partial charge is 0.119 e. The maximum Gasteiger partial charge on any atom is 0.119 e. The summed E-state index contributed by atoms with van der Waals surface area (Å²) in [7, 11) is 1.69. The lowest BCUT2D eigenvalue weighted by molar-refractivity contribution is 0.415. The van der Waals surface area contributed by atoms with Crippen LogP contribution in [0.5, 0.6) is 5.75 Å². The van der Waals surface area contributed by atoms with E-state index in [2.05, 4.69) is 47.9 Å². The monoisotopic (exact) mass is 280 g/mol. The van der Waals surface area contributed by atoms with E-state index in [4.69, 9.17) is 10.5 Å². The van der Waals surface area contributed by atoms with Crippen molar-refractivity contribution in [1.29, 1.82) is 0 Å². The van der Waals surface area contributed by atoms with Crippen LogP contribution in [0.25, 0.3) is 22.2 Å². The van der Waals surface area contributed by atoms with Crippen molar-refractivity contribution < 1.29 is 4.74 Å². The quantitative estimate of drug-likeness (QED) is 0.789.